The molecular formula is C14H16F3NO4. The van der Waals surface area contributed by atoms with Crippen LogP contribution in [0.2, 0.25) is 0 Å². The summed E-state index contributed by atoms with van der Waals surface area (Å²) in [5.41, 5.74) is 1.90. The van der Waals surface area contributed by atoms with Crippen LogP contribution in [0.5, 0.6) is 0 Å². The molecule has 1 aromatic carbocycles. The van der Waals surface area contributed by atoms with Crippen molar-refractivity contribution in [2.24, 2.45) is 0 Å². The van der Waals surface area contributed by atoms with Crippen molar-refractivity contribution in [3.05, 3.63) is 34.9 Å². The van der Waals surface area contributed by atoms with Gasteiger partial charge in [-0.15, -0.1) is 0 Å². The molecule has 1 amide bonds. The van der Waals surface area contributed by atoms with Gasteiger partial charge >= 0.3 is 12.1 Å². The van der Waals surface area contributed by atoms with Crippen molar-refractivity contribution < 1.29 is 32.6 Å². The highest BCUT2D eigenvalue weighted by Crippen LogP contribution is 2.21. The lowest BCUT2D eigenvalue weighted by Crippen LogP contribution is -2.37. The van der Waals surface area contributed by atoms with Gasteiger partial charge in [0.2, 0.25) is 5.91 Å². The maximum Gasteiger partial charge on any atom is 0.411 e. The Kier molecular flexibility index (Phi) is 5.92. The number of hydrogen-bond donors (Lipinski definition) is 2. The summed E-state index contributed by atoms with van der Waals surface area (Å²) in [7, 11) is 0. The first kappa shape index (κ1) is 18.0. The fourth-order valence-corrected chi connectivity index (χ4v) is 1.82. The molecule has 1 rings (SSSR count). The van der Waals surface area contributed by atoms with E-state index >= 15 is 0 Å². The summed E-state index contributed by atoms with van der Waals surface area (Å²) >= 11 is 0. The smallest absolute Gasteiger partial charge is 0.411 e. The van der Waals surface area contributed by atoms with Gasteiger partial charge in [0.15, 0.2) is 6.04 Å². The number of aliphatic carboxylic acids is 1. The number of aryl methyl sites for hydroxylation is 1. The fourth-order valence-electron chi connectivity index (χ4n) is 1.82. The maximum absolute atomic E-state index is 11.9. The van der Waals surface area contributed by atoms with Gasteiger partial charge in [0.25, 0.3) is 0 Å². The van der Waals surface area contributed by atoms with Crippen LogP contribution in [0.15, 0.2) is 18.2 Å². The number of nitrogens with one attached hydrogen (secondary N) is 1. The van der Waals surface area contributed by atoms with Crippen molar-refractivity contribution in [1.29, 1.82) is 0 Å². The van der Waals surface area contributed by atoms with E-state index in [9.17, 15) is 27.9 Å². The molecule has 0 heterocycles. The van der Waals surface area contributed by atoms with Gasteiger partial charge < -0.3 is 15.2 Å². The molecule has 8 heteroatoms. The lowest BCUT2D eigenvalue weighted by atomic mass is 9.97. The van der Waals surface area contributed by atoms with E-state index in [1.807, 2.05) is 0 Å². The second kappa shape index (κ2) is 7.26. The van der Waals surface area contributed by atoms with Gasteiger partial charge in [-0.25, -0.2) is 4.79 Å². The van der Waals surface area contributed by atoms with E-state index in [0.717, 1.165) is 5.56 Å². The topological polar surface area (TPSA) is 75.6 Å². The van der Waals surface area contributed by atoms with Gasteiger partial charge in [-0.1, -0.05) is 18.2 Å². The molecule has 2 N–H and O–H groups in total. The van der Waals surface area contributed by atoms with Gasteiger partial charge in [0.05, 0.1) is 0 Å². The Hall–Kier alpha value is -2.09. The monoisotopic (exact) mass is 319 g/mol. The number of rotatable bonds is 6. The number of amides is 1. The summed E-state index contributed by atoms with van der Waals surface area (Å²) in [6.07, 6.45) is -4.54. The predicted octanol–water partition coefficient (Wildman–Crippen LogP) is 2.12. The Morgan fingerprint density at radius 2 is 1.95 bits per heavy atom. The SMILES string of the molecule is Cc1cccc(C(NC(=O)COCC(F)(F)F)C(=O)O)c1C. The minimum Gasteiger partial charge on any atom is -0.479 e. The number of halogens is 3. The first-order chi connectivity index (χ1) is 10.1. The number of carboxylic acid groups (broad SMARTS) is 1. The molecule has 0 fully saturated rings. The molecule has 0 aliphatic heterocycles. The Bertz CT molecular complexity index is 558. The van der Waals surface area contributed by atoms with Crippen LogP contribution in [0.3, 0.4) is 0 Å². The average molecular weight is 319 g/mol. The molecular weight excluding hydrogens is 303 g/mol. The van der Waals surface area contributed by atoms with Crippen molar-refractivity contribution in [2.75, 3.05) is 13.2 Å². The quantitative estimate of drug-likeness (QED) is 0.842. The molecule has 0 radical (unpaired) electrons. The van der Waals surface area contributed by atoms with E-state index < -0.39 is 37.3 Å². The Morgan fingerprint density at radius 1 is 1.32 bits per heavy atom. The van der Waals surface area contributed by atoms with Crippen LogP contribution in [-0.2, 0) is 14.3 Å². The van der Waals surface area contributed by atoms with Crippen molar-refractivity contribution >= 4 is 11.9 Å². The average Bonchev–Trinajstić information content (AvgIpc) is 2.38. The van der Waals surface area contributed by atoms with Crippen molar-refractivity contribution in [2.45, 2.75) is 26.1 Å². The molecule has 1 aromatic rings. The second-order valence-electron chi connectivity index (χ2n) is 4.74. The van der Waals surface area contributed by atoms with E-state index in [2.05, 4.69) is 10.1 Å². The van der Waals surface area contributed by atoms with Gasteiger partial charge in [0, 0.05) is 0 Å². The molecule has 1 atom stereocenters. The highest BCUT2D eigenvalue weighted by Gasteiger charge is 2.29. The van der Waals surface area contributed by atoms with Gasteiger partial charge in [-0.05, 0) is 30.5 Å². The standard InChI is InChI=1S/C14H16F3NO4/c1-8-4-3-5-10(9(8)2)12(13(20)21)18-11(19)6-22-7-14(15,16)17/h3-5,12H,6-7H2,1-2H3,(H,18,19)(H,20,21). The molecule has 0 aromatic heterocycles. The number of carbonyl (C=O) groups excluding carboxylic acids is 1. The van der Waals surface area contributed by atoms with E-state index in [1.165, 1.54) is 6.07 Å². The second-order valence-corrected chi connectivity index (χ2v) is 4.74. The molecule has 0 bridgehead atoms. The molecule has 0 saturated heterocycles. The third kappa shape index (κ3) is 5.36. The van der Waals surface area contributed by atoms with Gasteiger partial charge in [-0.2, -0.15) is 13.2 Å². The Balaban J connectivity index is 2.75. The zero-order chi connectivity index (χ0) is 16.9. The van der Waals surface area contributed by atoms with Crippen LogP contribution in [0.4, 0.5) is 13.2 Å². The number of carboxylic acids is 1. The number of carbonyl (C=O) groups is 2. The molecule has 5 nitrogen and oxygen atoms in total. The van der Waals surface area contributed by atoms with Crippen LogP contribution in [0.1, 0.15) is 22.7 Å². The number of hydrogen-bond acceptors (Lipinski definition) is 3. The minimum atomic E-state index is -4.54. The van der Waals surface area contributed by atoms with E-state index in [-0.39, 0.29) is 0 Å². The zero-order valence-corrected chi connectivity index (χ0v) is 12.0. The summed E-state index contributed by atoms with van der Waals surface area (Å²) in [4.78, 5) is 22.8. The predicted molar refractivity (Wildman–Crippen MR) is 71.3 cm³/mol. The summed E-state index contributed by atoms with van der Waals surface area (Å²) in [6, 6.07) is 3.62. The van der Waals surface area contributed by atoms with Crippen molar-refractivity contribution in [3.8, 4) is 0 Å². The molecule has 0 aliphatic carbocycles. The first-order valence-electron chi connectivity index (χ1n) is 6.34. The Morgan fingerprint density at radius 3 is 2.50 bits per heavy atom. The molecule has 22 heavy (non-hydrogen) atoms. The molecule has 122 valence electrons. The lowest BCUT2D eigenvalue weighted by Gasteiger charge is -2.18. The molecule has 0 spiro atoms. The fraction of sp³-hybridized carbons (Fsp3) is 0.429. The van der Waals surface area contributed by atoms with Gasteiger partial charge in [-0.3, -0.25) is 4.79 Å². The summed E-state index contributed by atoms with van der Waals surface area (Å²) in [5.74, 6) is -2.24. The summed E-state index contributed by atoms with van der Waals surface area (Å²) in [5, 5.41) is 11.4. The van der Waals surface area contributed by atoms with Crippen LogP contribution in [0.25, 0.3) is 0 Å². The minimum absolute atomic E-state index is 0.372. The summed E-state index contributed by atoms with van der Waals surface area (Å²) < 4.78 is 39.9. The largest absolute Gasteiger partial charge is 0.479 e. The van der Waals surface area contributed by atoms with Crippen LogP contribution >= 0.6 is 0 Å². The van der Waals surface area contributed by atoms with Gasteiger partial charge in [0.1, 0.15) is 13.2 Å². The van der Waals surface area contributed by atoms with Crippen LogP contribution < -0.4 is 5.32 Å². The first-order valence-corrected chi connectivity index (χ1v) is 6.34. The number of alkyl halides is 3. The molecule has 0 aliphatic rings. The van der Waals surface area contributed by atoms with E-state index in [0.29, 0.717) is 11.1 Å². The summed E-state index contributed by atoms with van der Waals surface area (Å²) in [6.45, 7) is 1.05. The number of ether oxygens (including phenoxy) is 1. The molecule has 1 unspecified atom stereocenters. The van der Waals surface area contributed by atoms with Crippen LogP contribution in [0, 0.1) is 13.8 Å². The third-order valence-corrected chi connectivity index (χ3v) is 3.01. The lowest BCUT2D eigenvalue weighted by molar-refractivity contribution is -0.176. The zero-order valence-electron chi connectivity index (χ0n) is 12.0. The van der Waals surface area contributed by atoms with E-state index in [1.54, 1.807) is 26.0 Å². The highest BCUT2D eigenvalue weighted by atomic mass is 19.4. The number of benzene rings is 1. The maximum atomic E-state index is 11.9. The Labute approximate surface area is 125 Å². The van der Waals surface area contributed by atoms with Crippen molar-refractivity contribution in [3.63, 3.8) is 0 Å². The molecule has 0 saturated carbocycles. The normalized spacial score (nSPS) is 12.8. The third-order valence-electron chi connectivity index (χ3n) is 3.01. The van der Waals surface area contributed by atoms with E-state index in [4.69, 9.17) is 0 Å². The highest BCUT2D eigenvalue weighted by molar-refractivity contribution is 5.85. The van der Waals surface area contributed by atoms with Crippen molar-refractivity contribution in [1.82, 2.24) is 5.32 Å². The van der Waals surface area contributed by atoms with Crippen LogP contribution in [-0.4, -0.2) is 36.4 Å².